The van der Waals surface area contributed by atoms with Crippen molar-refractivity contribution in [2.24, 2.45) is 0 Å². The first-order valence-electron chi connectivity index (χ1n) is 6.03. The second kappa shape index (κ2) is 7.26. The summed E-state index contributed by atoms with van der Waals surface area (Å²) in [6.45, 7) is 2.10. The smallest absolute Gasteiger partial charge is 0.272 e. The summed E-state index contributed by atoms with van der Waals surface area (Å²) in [5.74, 6) is 0.936. The van der Waals surface area contributed by atoms with Crippen LogP contribution < -0.4 is 5.32 Å². The number of amides is 1. The van der Waals surface area contributed by atoms with Gasteiger partial charge in [-0.1, -0.05) is 6.92 Å². The molecule has 0 saturated carbocycles. The summed E-state index contributed by atoms with van der Waals surface area (Å²) in [6.07, 6.45) is 4.69. The molecular formula is C13H21N3OS. The summed E-state index contributed by atoms with van der Waals surface area (Å²) in [5.41, 5.74) is 1.40. The number of rotatable bonds is 6. The van der Waals surface area contributed by atoms with Crippen LogP contribution in [0.1, 0.15) is 23.8 Å². The molecule has 1 rings (SSSR count). The lowest BCUT2D eigenvalue weighted by Crippen LogP contribution is -2.38. The normalized spacial score (nSPS) is 12.0. The van der Waals surface area contributed by atoms with Gasteiger partial charge in [-0.2, -0.15) is 11.8 Å². The Bertz CT molecular complexity index is 380. The van der Waals surface area contributed by atoms with E-state index in [4.69, 9.17) is 0 Å². The fourth-order valence-corrected chi connectivity index (χ4v) is 2.55. The molecule has 1 aromatic heterocycles. The van der Waals surface area contributed by atoms with Crippen molar-refractivity contribution in [2.45, 2.75) is 19.4 Å². The molecule has 18 heavy (non-hydrogen) atoms. The third kappa shape index (κ3) is 3.63. The van der Waals surface area contributed by atoms with Crippen LogP contribution in [-0.2, 0) is 0 Å². The van der Waals surface area contributed by atoms with Gasteiger partial charge in [-0.3, -0.25) is 4.79 Å². The molecule has 1 atom stereocenters. The number of hydrogen-bond donors (Lipinski definition) is 1. The Kier molecular flexibility index (Phi) is 5.98. The number of carbonyl (C=O) groups excluding carboxylic acids is 1. The van der Waals surface area contributed by atoms with Gasteiger partial charge in [0.05, 0.1) is 11.9 Å². The Morgan fingerprint density at radius 1 is 1.56 bits per heavy atom. The van der Waals surface area contributed by atoms with Gasteiger partial charge in [-0.05, 0) is 24.8 Å². The number of nitrogens with one attached hydrogen (secondary N) is 1. The maximum absolute atomic E-state index is 12.3. The Morgan fingerprint density at radius 3 is 2.72 bits per heavy atom. The van der Waals surface area contributed by atoms with Gasteiger partial charge < -0.3 is 10.2 Å². The van der Waals surface area contributed by atoms with Gasteiger partial charge in [0, 0.05) is 25.9 Å². The highest BCUT2D eigenvalue weighted by molar-refractivity contribution is 7.98. The second-order valence-electron chi connectivity index (χ2n) is 4.12. The van der Waals surface area contributed by atoms with E-state index >= 15 is 0 Å². The molecule has 0 spiro atoms. The number of pyridine rings is 1. The number of carbonyl (C=O) groups is 1. The first-order valence-corrected chi connectivity index (χ1v) is 7.43. The third-order valence-electron chi connectivity index (χ3n) is 2.97. The first kappa shape index (κ1) is 14.8. The standard InChI is InChI=1S/C13H21N3OS/c1-5-11(9-18-4)16(3)13(17)12-7-6-10(14-2)8-15-12/h6-8,11,14H,5,9H2,1-4H3. The second-order valence-corrected chi connectivity index (χ2v) is 5.03. The van der Waals surface area contributed by atoms with Crippen LogP contribution in [0.25, 0.3) is 0 Å². The van der Waals surface area contributed by atoms with Crippen molar-refractivity contribution >= 4 is 23.4 Å². The third-order valence-corrected chi connectivity index (χ3v) is 3.69. The summed E-state index contributed by atoms with van der Waals surface area (Å²) in [5, 5.41) is 2.99. The van der Waals surface area contributed by atoms with E-state index in [-0.39, 0.29) is 11.9 Å². The predicted octanol–water partition coefficient (Wildman–Crippen LogP) is 2.34. The van der Waals surface area contributed by atoms with Crippen LogP contribution in [0.3, 0.4) is 0 Å². The van der Waals surface area contributed by atoms with E-state index in [1.165, 1.54) is 0 Å². The van der Waals surface area contributed by atoms with Crippen molar-refractivity contribution in [1.82, 2.24) is 9.88 Å². The van der Waals surface area contributed by atoms with Crippen molar-refractivity contribution in [3.8, 4) is 0 Å². The van der Waals surface area contributed by atoms with Crippen molar-refractivity contribution < 1.29 is 4.79 Å². The zero-order chi connectivity index (χ0) is 13.5. The summed E-state index contributed by atoms with van der Waals surface area (Å²) in [6, 6.07) is 3.89. The van der Waals surface area contributed by atoms with Crippen LogP contribution in [0.4, 0.5) is 5.69 Å². The lowest BCUT2D eigenvalue weighted by atomic mass is 10.2. The molecule has 0 aliphatic rings. The minimum absolute atomic E-state index is 0.0152. The number of thioether (sulfide) groups is 1. The zero-order valence-corrected chi connectivity index (χ0v) is 12.3. The fourth-order valence-electron chi connectivity index (χ4n) is 1.71. The predicted molar refractivity (Wildman–Crippen MR) is 78.3 cm³/mol. The molecule has 1 heterocycles. The highest BCUT2D eigenvalue weighted by Gasteiger charge is 2.20. The van der Waals surface area contributed by atoms with Gasteiger partial charge in [0.15, 0.2) is 0 Å². The Balaban J connectivity index is 2.78. The zero-order valence-electron chi connectivity index (χ0n) is 11.4. The van der Waals surface area contributed by atoms with Crippen molar-refractivity contribution in [3.05, 3.63) is 24.0 Å². The lowest BCUT2D eigenvalue weighted by Gasteiger charge is -2.26. The molecule has 0 aliphatic heterocycles. The summed E-state index contributed by atoms with van der Waals surface area (Å²) < 4.78 is 0. The maximum Gasteiger partial charge on any atom is 0.272 e. The number of nitrogens with zero attached hydrogens (tertiary/aromatic N) is 2. The Morgan fingerprint density at radius 2 is 2.28 bits per heavy atom. The molecule has 0 saturated heterocycles. The fraction of sp³-hybridized carbons (Fsp3) is 0.538. The van der Waals surface area contributed by atoms with Crippen LogP contribution >= 0.6 is 11.8 Å². The molecule has 0 aliphatic carbocycles. The molecule has 1 aromatic rings. The number of aromatic nitrogens is 1. The van der Waals surface area contributed by atoms with Gasteiger partial charge in [-0.15, -0.1) is 0 Å². The Hall–Kier alpha value is -1.23. The quantitative estimate of drug-likeness (QED) is 0.859. The number of anilines is 1. The molecule has 1 N–H and O–H groups in total. The van der Waals surface area contributed by atoms with Gasteiger partial charge in [0.1, 0.15) is 5.69 Å². The maximum atomic E-state index is 12.3. The van der Waals surface area contributed by atoms with E-state index < -0.39 is 0 Å². The first-order chi connectivity index (χ1) is 8.63. The van der Waals surface area contributed by atoms with E-state index in [9.17, 15) is 4.79 Å². The molecule has 4 nitrogen and oxygen atoms in total. The van der Waals surface area contributed by atoms with Gasteiger partial charge >= 0.3 is 0 Å². The molecule has 100 valence electrons. The van der Waals surface area contributed by atoms with Gasteiger partial charge in [0.25, 0.3) is 5.91 Å². The van der Waals surface area contributed by atoms with Crippen LogP contribution in [-0.4, -0.2) is 47.9 Å². The van der Waals surface area contributed by atoms with Crippen LogP contribution in [0, 0.1) is 0 Å². The Labute approximate surface area is 113 Å². The molecule has 0 bridgehead atoms. The largest absolute Gasteiger partial charge is 0.387 e. The van der Waals surface area contributed by atoms with E-state index in [0.29, 0.717) is 5.69 Å². The van der Waals surface area contributed by atoms with E-state index in [2.05, 4.69) is 23.5 Å². The topological polar surface area (TPSA) is 45.2 Å². The molecule has 1 unspecified atom stereocenters. The van der Waals surface area contributed by atoms with Crippen molar-refractivity contribution in [2.75, 3.05) is 31.4 Å². The highest BCUT2D eigenvalue weighted by Crippen LogP contribution is 2.12. The monoisotopic (exact) mass is 267 g/mol. The van der Waals surface area contributed by atoms with Gasteiger partial charge in [-0.25, -0.2) is 4.98 Å². The molecule has 0 radical (unpaired) electrons. The van der Waals surface area contributed by atoms with Crippen LogP contribution in [0.15, 0.2) is 18.3 Å². The van der Waals surface area contributed by atoms with E-state index in [1.807, 2.05) is 20.2 Å². The average Bonchev–Trinajstić information content (AvgIpc) is 2.43. The molecular weight excluding hydrogens is 246 g/mol. The molecule has 1 amide bonds. The number of hydrogen-bond acceptors (Lipinski definition) is 4. The summed E-state index contributed by atoms with van der Waals surface area (Å²) in [4.78, 5) is 18.2. The van der Waals surface area contributed by atoms with Gasteiger partial charge in [0.2, 0.25) is 0 Å². The summed E-state index contributed by atoms with van der Waals surface area (Å²) in [7, 11) is 3.68. The molecule has 0 aromatic carbocycles. The SMILES string of the molecule is CCC(CSC)N(C)C(=O)c1ccc(NC)cn1. The van der Waals surface area contributed by atoms with E-state index in [0.717, 1.165) is 17.9 Å². The lowest BCUT2D eigenvalue weighted by molar-refractivity contribution is 0.0738. The minimum atomic E-state index is -0.0152. The minimum Gasteiger partial charge on any atom is -0.387 e. The van der Waals surface area contributed by atoms with Crippen molar-refractivity contribution in [1.29, 1.82) is 0 Å². The van der Waals surface area contributed by atoms with E-state index in [1.54, 1.807) is 28.9 Å². The molecule has 5 heteroatoms. The molecule has 0 fully saturated rings. The van der Waals surface area contributed by atoms with Crippen LogP contribution in [0.2, 0.25) is 0 Å². The highest BCUT2D eigenvalue weighted by atomic mass is 32.2. The average molecular weight is 267 g/mol. The summed E-state index contributed by atoms with van der Waals surface area (Å²) >= 11 is 1.76. The van der Waals surface area contributed by atoms with Crippen LogP contribution in [0.5, 0.6) is 0 Å². The van der Waals surface area contributed by atoms with Crippen molar-refractivity contribution in [3.63, 3.8) is 0 Å².